The molecule has 4 nitrogen and oxygen atoms in total. The number of benzene rings is 1. The quantitative estimate of drug-likeness (QED) is 0.843. The van der Waals surface area contributed by atoms with E-state index in [0.717, 1.165) is 18.4 Å². The van der Waals surface area contributed by atoms with Gasteiger partial charge in [0.05, 0.1) is 0 Å². The fourth-order valence-corrected chi connectivity index (χ4v) is 1.85. The smallest absolute Gasteiger partial charge is 0.278 e. The molecule has 0 atom stereocenters. The number of hydrazone groups is 1. The van der Waals surface area contributed by atoms with Crippen molar-refractivity contribution in [3.63, 3.8) is 0 Å². The van der Waals surface area contributed by atoms with Gasteiger partial charge in [-0.25, -0.2) is 9.82 Å². The van der Waals surface area contributed by atoms with Crippen LogP contribution in [0.4, 0.5) is 4.39 Å². The molecule has 1 N–H and O–H groups in total. The third-order valence-corrected chi connectivity index (χ3v) is 2.89. The number of hydrogen-bond acceptors (Lipinski definition) is 3. The first-order valence-electron chi connectivity index (χ1n) is 5.53. The van der Waals surface area contributed by atoms with E-state index in [-0.39, 0.29) is 24.2 Å². The Bertz CT molecular complexity index is 509. The lowest BCUT2D eigenvalue weighted by molar-refractivity contribution is -0.124. The highest BCUT2D eigenvalue weighted by atomic mass is 19.1. The van der Waals surface area contributed by atoms with Crippen LogP contribution in [0.1, 0.15) is 29.9 Å². The molecule has 1 fully saturated rings. The van der Waals surface area contributed by atoms with Crippen molar-refractivity contribution in [2.45, 2.75) is 18.8 Å². The first kappa shape index (κ1) is 10.3. The molecule has 1 aromatic carbocycles. The number of carbonyl (C=O) groups is 1. The van der Waals surface area contributed by atoms with Crippen molar-refractivity contribution in [2.24, 2.45) is 5.10 Å². The zero-order chi connectivity index (χ0) is 11.8. The van der Waals surface area contributed by atoms with Crippen molar-refractivity contribution in [3.05, 3.63) is 35.1 Å². The van der Waals surface area contributed by atoms with Gasteiger partial charge < -0.3 is 4.74 Å². The van der Waals surface area contributed by atoms with E-state index in [4.69, 9.17) is 4.74 Å². The molecule has 0 unspecified atom stereocenters. The van der Waals surface area contributed by atoms with Crippen LogP contribution >= 0.6 is 0 Å². The number of nitrogens with zero attached hydrogens (tertiary/aromatic N) is 1. The van der Waals surface area contributed by atoms with Crippen molar-refractivity contribution < 1.29 is 13.9 Å². The van der Waals surface area contributed by atoms with Gasteiger partial charge in [0.25, 0.3) is 5.91 Å². The lowest BCUT2D eigenvalue weighted by atomic mass is 10.1. The van der Waals surface area contributed by atoms with Crippen LogP contribution in [0.5, 0.6) is 0 Å². The summed E-state index contributed by atoms with van der Waals surface area (Å²) in [6, 6.07) is 4.95. The summed E-state index contributed by atoms with van der Waals surface area (Å²) >= 11 is 0. The van der Waals surface area contributed by atoms with E-state index >= 15 is 0 Å². The molecule has 1 aliphatic heterocycles. The highest BCUT2D eigenvalue weighted by molar-refractivity contribution is 5.98. The molecule has 3 rings (SSSR count). The molecule has 1 heterocycles. The van der Waals surface area contributed by atoms with Crippen LogP contribution in [0.2, 0.25) is 0 Å². The average molecular weight is 234 g/mol. The molecular formula is C12H11FN2O2. The van der Waals surface area contributed by atoms with E-state index < -0.39 is 0 Å². The largest absolute Gasteiger partial charge is 0.466 e. The minimum atomic E-state index is -0.302. The summed E-state index contributed by atoms with van der Waals surface area (Å²) in [5.74, 6) is 0.0980. The van der Waals surface area contributed by atoms with Gasteiger partial charge in [-0.3, -0.25) is 4.79 Å². The summed E-state index contributed by atoms with van der Waals surface area (Å²) in [6.45, 7) is -0.0785. The Labute approximate surface area is 97.5 Å². The molecule has 5 heteroatoms. The maximum atomic E-state index is 13.8. The number of halogens is 1. The van der Waals surface area contributed by atoms with E-state index in [1.165, 1.54) is 6.07 Å². The van der Waals surface area contributed by atoms with Gasteiger partial charge in [0.2, 0.25) is 5.90 Å². The molecule has 0 bridgehead atoms. The number of hydrogen-bond donors (Lipinski definition) is 1. The number of amides is 1. The second-order valence-electron chi connectivity index (χ2n) is 4.25. The number of carbonyl (C=O) groups excluding carboxylic acids is 1. The van der Waals surface area contributed by atoms with E-state index in [2.05, 4.69) is 10.5 Å². The van der Waals surface area contributed by atoms with Gasteiger partial charge in [-0.15, -0.1) is 5.10 Å². The zero-order valence-corrected chi connectivity index (χ0v) is 9.07. The molecule has 1 aromatic rings. The standard InChI is InChI=1S/C12H11FN2O2/c13-10-5-8(3-4-9(10)7-1-2-7)12-15-14-11(16)6-17-12/h3-5,7H,1-2,6H2,(H,14,16). The van der Waals surface area contributed by atoms with Crippen LogP contribution in [0, 0.1) is 5.82 Å². The van der Waals surface area contributed by atoms with Gasteiger partial charge in [-0.1, -0.05) is 6.07 Å². The van der Waals surface area contributed by atoms with Crippen LogP contribution in [0.25, 0.3) is 0 Å². The number of rotatable bonds is 2. The molecule has 1 amide bonds. The van der Waals surface area contributed by atoms with Crippen molar-refractivity contribution in [2.75, 3.05) is 6.61 Å². The van der Waals surface area contributed by atoms with Crippen molar-refractivity contribution in [1.29, 1.82) is 0 Å². The first-order valence-corrected chi connectivity index (χ1v) is 5.53. The zero-order valence-electron chi connectivity index (χ0n) is 9.07. The third-order valence-electron chi connectivity index (χ3n) is 2.89. The van der Waals surface area contributed by atoms with Gasteiger partial charge in [-0.05, 0) is 36.5 Å². The van der Waals surface area contributed by atoms with Gasteiger partial charge >= 0.3 is 0 Å². The van der Waals surface area contributed by atoms with Crippen molar-refractivity contribution in [1.82, 2.24) is 5.43 Å². The maximum absolute atomic E-state index is 13.8. The molecule has 1 saturated carbocycles. The van der Waals surface area contributed by atoms with Crippen LogP contribution < -0.4 is 5.43 Å². The first-order chi connectivity index (χ1) is 8.24. The van der Waals surface area contributed by atoms with Crippen LogP contribution in [0.15, 0.2) is 23.3 Å². The molecular weight excluding hydrogens is 223 g/mol. The molecule has 88 valence electrons. The van der Waals surface area contributed by atoms with Gasteiger partial charge in [0.15, 0.2) is 6.61 Å². The Morgan fingerprint density at radius 1 is 1.41 bits per heavy atom. The Morgan fingerprint density at radius 2 is 2.24 bits per heavy atom. The molecule has 0 spiro atoms. The van der Waals surface area contributed by atoms with Crippen LogP contribution in [-0.2, 0) is 9.53 Å². The minimum absolute atomic E-state index is 0.0785. The van der Waals surface area contributed by atoms with Crippen LogP contribution in [0.3, 0.4) is 0 Å². The normalized spacial score (nSPS) is 19.4. The van der Waals surface area contributed by atoms with E-state index in [1.807, 2.05) is 0 Å². The lowest BCUT2D eigenvalue weighted by Crippen LogP contribution is -2.32. The molecule has 17 heavy (non-hydrogen) atoms. The molecule has 0 aromatic heterocycles. The van der Waals surface area contributed by atoms with E-state index in [9.17, 15) is 9.18 Å². The Hall–Kier alpha value is -1.91. The number of ether oxygens (including phenoxy) is 1. The SMILES string of the molecule is O=C1COC(c2ccc(C3CC3)c(F)c2)=NN1. The highest BCUT2D eigenvalue weighted by Crippen LogP contribution is 2.41. The topological polar surface area (TPSA) is 50.7 Å². The van der Waals surface area contributed by atoms with Crippen molar-refractivity contribution in [3.8, 4) is 0 Å². The molecule has 1 aliphatic carbocycles. The minimum Gasteiger partial charge on any atom is -0.466 e. The summed E-state index contributed by atoms with van der Waals surface area (Å²) in [6.07, 6.45) is 2.12. The maximum Gasteiger partial charge on any atom is 0.278 e. The van der Waals surface area contributed by atoms with Gasteiger partial charge in [0.1, 0.15) is 5.82 Å². The molecule has 0 radical (unpaired) electrons. The molecule has 2 aliphatic rings. The molecule has 0 saturated heterocycles. The van der Waals surface area contributed by atoms with Crippen molar-refractivity contribution >= 4 is 11.8 Å². The fourth-order valence-electron chi connectivity index (χ4n) is 1.85. The summed E-state index contributed by atoms with van der Waals surface area (Å²) in [7, 11) is 0. The Kier molecular flexibility index (Phi) is 2.31. The second kappa shape index (κ2) is 3.84. The van der Waals surface area contributed by atoms with E-state index in [1.54, 1.807) is 12.1 Å². The summed E-state index contributed by atoms with van der Waals surface area (Å²) in [5.41, 5.74) is 3.61. The van der Waals surface area contributed by atoms with Gasteiger partial charge in [0, 0.05) is 5.56 Å². The lowest BCUT2D eigenvalue weighted by Gasteiger charge is -2.14. The highest BCUT2D eigenvalue weighted by Gasteiger charge is 2.27. The second-order valence-corrected chi connectivity index (χ2v) is 4.25. The summed E-state index contributed by atoms with van der Waals surface area (Å²) in [4.78, 5) is 10.8. The Morgan fingerprint density at radius 3 is 2.82 bits per heavy atom. The number of nitrogens with one attached hydrogen (secondary N) is 1. The third kappa shape index (κ3) is 2.00. The van der Waals surface area contributed by atoms with Crippen LogP contribution in [-0.4, -0.2) is 18.4 Å². The Balaban J connectivity index is 1.88. The van der Waals surface area contributed by atoms with Gasteiger partial charge in [-0.2, -0.15) is 0 Å². The predicted molar refractivity (Wildman–Crippen MR) is 59.0 cm³/mol. The predicted octanol–water partition coefficient (Wildman–Crippen LogP) is 1.51. The fraction of sp³-hybridized carbons (Fsp3) is 0.333. The summed E-state index contributed by atoms with van der Waals surface area (Å²) in [5, 5.41) is 3.74. The average Bonchev–Trinajstić information content (AvgIpc) is 3.14. The van der Waals surface area contributed by atoms with E-state index in [0.29, 0.717) is 11.5 Å². The monoisotopic (exact) mass is 234 g/mol. The summed E-state index contributed by atoms with van der Waals surface area (Å²) < 4.78 is 18.9.